The molecule has 0 saturated carbocycles. The Hall–Kier alpha value is -3.55. The van der Waals surface area contributed by atoms with Crippen LogP contribution in [0.15, 0.2) is 58.8 Å². The fraction of sp³-hybridized carbons (Fsp3) is 0.286. The van der Waals surface area contributed by atoms with Crippen molar-refractivity contribution in [3.63, 3.8) is 0 Å². The van der Waals surface area contributed by atoms with Gasteiger partial charge in [-0.2, -0.15) is 0 Å². The summed E-state index contributed by atoms with van der Waals surface area (Å²) in [6.45, 7) is 4.86. The maximum Gasteiger partial charge on any atom is 0.286 e. The number of carbonyl (C=O) groups is 1. The van der Waals surface area contributed by atoms with E-state index in [2.05, 4.69) is 34.4 Å². The minimum absolute atomic E-state index is 0.0228. The average Bonchev–Trinajstić information content (AvgIpc) is 3.23. The van der Waals surface area contributed by atoms with E-state index in [1.54, 1.807) is 0 Å². The van der Waals surface area contributed by atoms with Crippen molar-refractivity contribution in [1.29, 1.82) is 0 Å². The highest BCUT2D eigenvalue weighted by Crippen LogP contribution is 2.39. The lowest BCUT2D eigenvalue weighted by Gasteiger charge is -2.08. The van der Waals surface area contributed by atoms with Crippen LogP contribution in [0.25, 0.3) is 21.9 Å². The minimum atomic E-state index is -0.473. The predicted molar refractivity (Wildman–Crippen MR) is 110 cm³/mol. The molecule has 0 saturated heterocycles. The third-order valence-corrected chi connectivity index (χ3v) is 4.81. The highest BCUT2D eigenvalue weighted by atomic mass is 16.3. The number of aromatic nitrogens is 4. The van der Waals surface area contributed by atoms with Crippen molar-refractivity contribution in [3.05, 3.63) is 48.5 Å². The molecule has 2 heterocycles. The smallest absolute Gasteiger partial charge is 0.286 e. The second-order valence-corrected chi connectivity index (χ2v) is 7.35. The van der Waals surface area contributed by atoms with Crippen LogP contribution in [-0.4, -0.2) is 30.6 Å². The normalized spacial score (nSPS) is 12.0. The van der Waals surface area contributed by atoms with Gasteiger partial charge in [0.2, 0.25) is 5.88 Å². The Morgan fingerprint density at radius 1 is 1.10 bits per heavy atom. The van der Waals surface area contributed by atoms with E-state index in [4.69, 9.17) is 0 Å². The first-order chi connectivity index (χ1) is 14.0. The third-order valence-electron chi connectivity index (χ3n) is 4.81. The minimum Gasteiger partial charge on any atom is -0.493 e. The zero-order chi connectivity index (χ0) is 20.4. The number of amides is 1. The van der Waals surface area contributed by atoms with Crippen molar-refractivity contribution in [2.45, 2.75) is 33.4 Å². The predicted octanol–water partition coefficient (Wildman–Crippen LogP) is 4.45. The molecule has 0 unspecified atom stereocenters. The third kappa shape index (κ3) is 3.73. The number of fused-ring (bicyclic) bond motifs is 2. The van der Waals surface area contributed by atoms with E-state index in [0.29, 0.717) is 23.7 Å². The Bertz CT molecular complexity index is 1200. The van der Waals surface area contributed by atoms with Gasteiger partial charge in [0.15, 0.2) is 5.69 Å². The van der Waals surface area contributed by atoms with E-state index >= 15 is 0 Å². The lowest BCUT2D eigenvalue weighted by molar-refractivity contribution is -0.119. The molecule has 0 spiro atoms. The van der Waals surface area contributed by atoms with Gasteiger partial charge in [-0.15, -0.1) is 15.3 Å². The van der Waals surface area contributed by atoms with Crippen LogP contribution in [0.5, 0.6) is 5.88 Å². The van der Waals surface area contributed by atoms with Crippen LogP contribution in [0.3, 0.4) is 0 Å². The quantitative estimate of drug-likeness (QED) is 0.492. The standard InChI is InChI=1S/C21H22N6O2/c1-14(2)11-12-26-17-9-5-3-7-15(17)20(21(26)29)24-23-19(28)13-27-18-10-6-4-8-16(18)22-25-27/h3-10,14,29H,11-13H2,1-2H3. The number of aryl methyl sites for hydroxylation is 1. The molecule has 8 nitrogen and oxygen atoms in total. The van der Waals surface area contributed by atoms with Gasteiger partial charge >= 0.3 is 0 Å². The number of benzene rings is 2. The number of nitrogens with zero attached hydrogens (tertiary/aromatic N) is 6. The lowest BCUT2D eigenvalue weighted by atomic mass is 10.1. The molecule has 0 bridgehead atoms. The number of rotatable bonds is 6. The molecule has 0 aliphatic rings. The Labute approximate surface area is 167 Å². The van der Waals surface area contributed by atoms with Crippen molar-refractivity contribution in [2.24, 2.45) is 16.1 Å². The first kappa shape index (κ1) is 18.8. The molecular formula is C21H22N6O2. The number of hydrogen-bond donors (Lipinski definition) is 1. The number of aromatic hydroxyl groups is 1. The molecular weight excluding hydrogens is 368 g/mol. The zero-order valence-electron chi connectivity index (χ0n) is 16.4. The average molecular weight is 390 g/mol. The van der Waals surface area contributed by atoms with Crippen molar-refractivity contribution in [3.8, 4) is 5.88 Å². The number of hydrogen-bond acceptors (Lipinski definition) is 5. The van der Waals surface area contributed by atoms with Crippen LogP contribution in [-0.2, 0) is 17.9 Å². The van der Waals surface area contributed by atoms with Gasteiger partial charge in [0.1, 0.15) is 12.1 Å². The van der Waals surface area contributed by atoms with Gasteiger partial charge in [-0.1, -0.05) is 49.4 Å². The summed E-state index contributed by atoms with van der Waals surface area (Å²) in [5.41, 5.74) is 2.64. The SMILES string of the molecule is CC(C)CCn1c(O)c(N=NC(=O)Cn2nnc3ccccc32)c2ccccc21. The van der Waals surface area contributed by atoms with Crippen molar-refractivity contribution < 1.29 is 9.90 Å². The van der Waals surface area contributed by atoms with Crippen molar-refractivity contribution >= 4 is 33.5 Å². The van der Waals surface area contributed by atoms with Gasteiger partial charge in [0, 0.05) is 11.9 Å². The first-order valence-electron chi connectivity index (χ1n) is 9.57. The van der Waals surface area contributed by atoms with E-state index in [1.807, 2.05) is 53.1 Å². The van der Waals surface area contributed by atoms with Crippen LogP contribution in [0.1, 0.15) is 20.3 Å². The Balaban J connectivity index is 1.60. The summed E-state index contributed by atoms with van der Waals surface area (Å²) in [4.78, 5) is 12.4. The summed E-state index contributed by atoms with van der Waals surface area (Å²) in [5, 5.41) is 27.4. The molecule has 148 valence electrons. The second kappa shape index (κ2) is 7.83. The summed E-state index contributed by atoms with van der Waals surface area (Å²) < 4.78 is 3.31. The maximum absolute atomic E-state index is 12.4. The molecule has 1 amide bonds. The molecule has 8 heteroatoms. The van der Waals surface area contributed by atoms with Crippen LogP contribution < -0.4 is 0 Å². The van der Waals surface area contributed by atoms with Gasteiger partial charge in [-0.05, 0) is 30.5 Å². The van der Waals surface area contributed by atoms with E-state index in [0.717, 1.165) is 22.8 Å². The molecule has 4 aromatic rings. The number of azo groups is 1. The fourth-order valence-electron chi connectivity index (χ4n) is 3.28. The van der Waals surface area contributed by atoms with Crippen molar-refractivity contribution in [2.75, 3.05) is 0 Å². The molecule has 29 heavy (non-hydrogen) atoms. The molecule has 0 aliphatic carbocycles. The number of carbonyl (C=O) groups excluding carboxylic acids is 1. The van der Waals surface area contributed by atoms with Gasteiger partial charge in [-0.25, -0.2) is 4.68 Å². The van der Waals surface area contributed by atoms with E-state index in [9.17, 15) is 9.90 Å². The van der Waals surface area contributed by atoms with Gasteiger partial charge in [0.05, 0.1) is 11.0 Å². The maximum atomic E-state index is 12.4. The molecule has 2 aromatic carbocycles. The summed E-state index contributed by atoms with van der Waals surface area (Å²) in [6.07, 6.45) is 0.918. The largest absolute Gasteiger partial charge is 0.493 e. The highest BCUT2D eigenvalue weighted by molar-refractivity contribution is 5.95. The van der Waals surface area contributed by atoms with E-state index < -0.39 is 5.91 Å². The van der Waals surface area contributed by atoms with E-state index in [1.165, 1.54) is 4.68 Å². The molecule has 0 radical (unpaired) electrons. The summed E-state index contributed by atoms with van der Waals surface area (Å²) >= 11 is 0. The van der Waals surface area contributed by atoms with Crippen LogP contribution in [0, 0.1) is 5.92 Å². The Kier molecular flexibility index (Phi) is 5.07. The number of para-hydroxylation sites is 2. The fourth-order valence-corrected chi connectivity index (χ4v) is 3.28. The molecule has 0 atom stereocenters. The Morgan fingerprint density at radius 3 is 2.62 bits per heavy atom. The zero-order valence-corrected chi connectivity index (χ0v) is 16.4. The van der Waals surface area contributed by atoms with E-state index in [-0.39, 0.29) is 12.4 Å². The lowest BCUT2D eigenvalue weighted by Crippen LogP contribution is -2.08. The first-order valence-corrected chi connectivity index (χ1v) is 9.57. The summed E-state index contributed by atoms with van der Waals surface area (Å²) in [7, 11) is 0. The molecule has 0 aliphatic heterocycles. The Morgan fingerprint density at radius 2 is 1.83 bits per heavy atom. The molecule has 2 aromatic heterocycles. The second-order valence-electron chi connectivity index (χ2n) is 7.35. The highest BCUT2D eigenvalue weighted by Gasteiger charge is 2.17. The van der Waals surface area contributed by atoms with Gasteiger partial charge in [0.25, 0.3) is 5.91 Å². The molecule has 1 N–H and O–H groups in total. The van der Waals surface area contributed by atoms with Gasteiger partial charge < -0.3 is 9.67 Å². The van der Waals surface area contributed by atoms with Crippen molar-refractivity contribution in [1.82, 2.24) is 19.6 Å². The molecule has 0 fully saturated rings. The topological polar surface area (TPSA) is 97.7 Å². The van der Waals surface area contributed by atoms with Crippen LogP contribution in [0.2, 0.25) is 0 Å². The van der Waals surface area contributed by atoms with Gasteiger partial charge in [-0.3, -0.25) is 4.79 Å². The molecule has 4 rings (SSSR count). The van der Waals surface area contributed by atoms with Crippen LogP contribution >= 0.6 is 0 Å². The monoisotopic (exact) mass is 390 g/mol. The summed E-state index contributed by atoms with van der Waals surface area (Å²) in [6, 6.07) is 15.0. The summed E-state index contributed by atoms with van der Waals surface area (Å²) in [5.74, 6) is 0.0494. The van der Waals surface area contributed by atoms with Crippen LogP contribution in [0.4, 0.5) is 5.69 Å².